The lowest BCUT2D eigenvalue weighted by Gasteiger charge is -2.18. The second-order valence-corrected chi connectivity index (χ2v) is 5.15. The van der Waals surface area contributed by atoms with Gasteiger partial charge in [0, 0.05) is 6.61 Å². The average molecular weight is 222 g/mol. The van der Waals surface area contributed by atoms with E-state index in [2.05, 4.69) is 12.2 Å². The van der Waals surface area contributed by atoms with Gasteiger partial charge in [-0.2, -0.15) is 0 Å². The summed E-state index contributed by atoms with van der Waals surface area (Å²) in [5, 5.41) is 0. The molecule has 1 aliphatic heterocycles. The lowest BCUT2D eigenvalue weighted by molar-refractivity contribution is -0.152. The molecule has 0 N–H and O–H groups in total. The summed E-state index contributed by atoms with van der Waals surface area (Å²) in [5.74, 6) is 1.19. The van der Waals surface area contributed by atoms with Gasteiger partial charge in [0.05, 0.1) is 12.0 Å². The van der Waals surface area contributed by atoms with Crippen LogP contribution in [-0.4, -0.2) is 25.3 Å². The first-order valence-corrected chi connectivity index (χ1v) is 6.29. The summed E-state index contributed by atoms with van der Waals surface area (Å²) in [6, 6.07) is 0. The molecule has 2 unspecified atom stereocenters. The van der Waals surface area contributed by atoms with Gasteiger partial charge in [-0.15, -0.1) is 0 Å². The summed E-state index contributed by atoms with van der Waals surface area (Å²) in [5.41, 5.74) is 0. The van der Waals surface area contributed by atoms with Crippen molar-refractivity contribution >= 4 is 5.97 Å². The number of esters is 1. The molecule has 3 aliphatic rings. The van der Waals surface area contributed by atoms with E-state index >= 15 is 0 Å². The van der Waals surface area contributed by atoms with Gasteiger partial charge in [0.1, 0.15) is 6.61 Å². The molecule has 1 saturated heterocycles. The predicted molar refractivity (Wildman–Crippen MR) is 58.8 cm³/mol. The molecule has 0 aromatic rings. The number of fused-ring (bicyclic) bond motifs is 2. The maximum absolute atomic E-state index is 11.9. The first kappa shape index (κ1) is 10.3. The van der Waals surface area contributed by atoms with Crippen molar-refractivity contribution in [3.05, 3.63) is 12.2 Å². The third-order valence-electron chi connectivity index (χ3n) is 4.02. The summed E-state index contributed by atoms with van der Waals surface area (Å²) in [7, 11) is 0. The van der Waals surface area contributed by atoms with Crippen molar-refractivity contribution in [1.29, 1.82) is 0 Å². The summed E-state index contributed by atoms with van der Waals surface area (Å²) < 4.78 is 10.8. The highest BCUT2D eigenvalue weighted by atomic mass is 16.6. The van der Waals surface area contributed by atoms with E-state index in [1.807, 2.05) is 0 Å². The fourth-order valence-electron chi connectivity index (χ4n) is 3.11. The zero-order chi connectivity index (χ0) is 11.0. The van der Waals surface area contributed by atoms with Gasteiger partial charge >= 0.3 is 5.97 Å². The highest BCUT2D eigenvalue weighted by Crippen LogP contribution is 2.43. The van der Waals surface area contributed by atoms with Crippen LogP contribution in [0.2, 0.25) is 0 Å². The van der Waals surface area contributed by atoms with Crippen LogP contribution in [0.25, 0.3) is 0 Å². The van der Waals surface area contributed by atoms with Crippen molar-refractivity contribution in [3.8, 4) is 0 Å². The van der Waals surface area contributed by atoms with Gasteiger partial charge in [-0.05, 0) is 37.5 Å². The number of carbonyl (C=O) groups is 1. The normalized spacial score (nSPS) is 40.5. The van der Waals surface area contributed by atoms with E-state index in [1.165, 1.54) is 0 Å². The van der Waals surface area contributed by atoms with Crippen molar-refractivity contribution < 1.29 is 14.3 Å². The second kappa shape index (κ2) is 4.21. The smallest absolute Gasteiger partial charge is 0.309 e. The van der Waals surface area contributed by atoms with E-state index in [0.717, 1.165) is 32.3 Å². The van der Waals surface area contributed by atoms with Gasteiger partial charge in [-0.3, -0.25) is 4.79 Å². The summed E-state index contributed by atoms with van der Waals surface area (Å²) in [6.45, 7) is 1.27. The van der Waals surface area contributed by atoms with Crippen LogP contribution in [0, 0.1) is 17.8 Å². The minimum Gasteiger partial charge on any atom is -0.463 e. The fraction of sp³-hybridized carbons (Fsp3) is 0.769. The molecule has 0 aromatic heterocycles. The Bertz CT molecular complexity index is 304. The van der Waals surface area contributed by atoms with Gasteiger partial charge in [0.15, 0.2) is 0 Å². The van der Waals surface area contributed by atoms with Crippen molar-refractivity contribution in [2.75, 3.05) is 13.2 Å². The Labute approximate surface area is 95.8 Å². The maximum Gasteiger partial charge on any atom is 0.309 e. The van der Waals surface area contributed by atoms with Crippen LogP contribution < -0.4 is 0 Å². The monoisotopic (exact) mass is 222 g/mol. The Balaban J connectivity index is 1.48. The lowest BCUT2D eigenvalue weighted by atomic mass is 9.94. The van der Waals surface area contributed by atoms with E-state index in [1.54, 1.807) is 0 Å². The zero-order valence-electron chi connectivity index (χ0n) is 9.43. The summed E-state index contributed by atoms with van der Waals surface area (Å²) in [4.78, 5) is 11.9. The van der Waals surface area contributed by atoms with Crippen LogP contribution in [0.5, 0.6) is 0 Å². The molecule has 3 heteroatoms. The van der Waals surface area contributed by atoms with E-state index < -0.39 is 0 Å². The van der Waals surface area contributed by atoms with Gasteiger partial charge in [0.2, 0.25) is 0 Å². The molecular formula is C13H18O3. The minimum absolute atomic E-state index is 0.00708. The van der Waals surface area contributed by atoms with E-state index in [4.69, 9.17) is 9.47 Å². The van der Waals surface area contributed by atoms with Crippen molar-refractivity contribution in [1.82, 2.24) is 0 Å². The Morgan fingerprint density at radius 2 is 2.31 bits per heavy atom. The molecule has 1 heterocycles. The van der Waals surface area contributed by atoms with Gasteiger partial charge < -0.3 is 9.47 Å². The predicted octanol–water partition coefficient (Wildman–Crippen LogP) is 1.92. The minimum atomic E-state index is -0.00708. The van der Waals surface area contributed by atoms with Crippen LogP contribution >= 0.6 is 0 Å². The largest absolute Gasteiger partial charge is 0.463 e. The van der Waals surface area contributed by atoms with Crippen molar-refractivity contribution in [2.24, 2.45) is 17.8 Å². The molecule has 2 bridgehead atoms. The molecule has 0 spiro atoms. The third kappa shape index (κ3) is 1.88. The van der Waals surface area contributed by atoms with E-state index in [9.17, 15) is 4.79 Å². The SMILES string of the molecule is O=C(OCC1CCCO1)C1C[C@@H]2C=C[C@@H]1C2. The van der Waals surface area contributed by atoms with Crippen molar-refractivity contribution in [2.45, 2.75) is 31.8 Å². The van der Waals surface area contributed by atoms with Crippen LogP contribution in [0.1, 0.15) is 25.7 Å². The molecule has 88 valence electrons. The molecule has 2 aliphatic carbocycles. The Morgan fingerprint density at radius 3 is 2.94 bits per heavy atom. The van der Waals surface area contributed by atoms with Gasteiger partial charge in [0.25, 0.3) is 0 Å². The number of allylic oxidation sites excluding steroid dienone is 2. The van der Waals surface area contributed by atoms with Crippen LogP contribution in [-0.2, 0) is 14.3 Å². The molecule has 2 fully saturated rings. The summed E-state index contributed by atoms with van der Waals surface area (Å²) in [6.07, 6.45) is 8.85. The molecule has 0 radical (unpaired) electrons. The zero-order valence-corrected chi connectivity index (χ0v) is 9.43. The topological polar surface area (TPSA) is 35.5 Å². The number of carbonyl (C=O) groups excluding carboxylic acids is 1. The molecule has 0 amide bonds. The third-order valence-corrected chi connectivity index (χ3v) is 4.02. The van der Waals surface area contributed by atoms with Crippen LogP contribution in [0.4, 0.5) is 0 Å². The standard InChI is InChI=1S/C13H18O3/c14-13(16-8-11-2-1-5-15-11)12-7-9-3-4-10(12)6-9/h3-4,9-12H,1-2,5-8H2/t9-,10-,11?,12?/m1/s1. The Morgan fingerprint density at radius 1 is 1.38 bits per heavy atom. The highest BCUT2D eigenvalue weighted by Gasteiger charge is 2.40. The maximum atomic E-state index is 11.9. The quantitative estimate of drug-likeness (QED) is 0.540. The van der Waals surface area contributed by atoms with E-state index in [-0.39, 0.29) is 18.0 Å². The number of hydrogen-bond donors (Lipinski definition) is 0. The average Bonchev–Trinajstić information content (AvgIpc) is 3.01. The molecule has 1 saturated carbocycles. The fourth-order valence-corrected chi connectivity index (χ4v) is 3.11. The first-order chi connectivity index (χ1) is 7.83. The number of ether oxygens (including phenoxy) is 2. The van der Waals surface area contributed by atoms with Gasteiger partial charge in [-0.1, -0.05) is 12.2 Å². The summed E-state index contributed by atoms with van der Waals surface area (Å²) >= 11 is 0. The first-order valence-electron chi connectivity index (χ1n) is 6.29. The Kier molecular flexibility index (Phi) is 2.72. The van der Waals surface area contributed by atoms with E-state index in [0.29, 0.717) is 18.4 Å². The lowest BCUT2D eigenvalue weighted by Crippen LogP contribution is -2.25. The number of hydrogen-bond acceptors (Lipinski definition) is 3. The van der Waals surface area contributed by atoms with Crippen molar-refractivity contribution in [3.63, 3.8) is 0 Å². The molecule has 3 nitrogen and oxygen atoms in total. The molecular weight excluding hydrogens is 204 g/mol. The Hall–Kier alpha value is -0.830. The molecule has 3 rings (SSSR count). The van der Waals surface area contributed by atoms with Crippen LogP contribution in [0.15, 0.2) is 12.2 Å². The van der Waals surface area contributed by atoms with Crippen LogP contribution in [0.3, 0.4) is 0 Å². The molecule has 4 atom stereocenters. The molecule has 16 heavy (non-hydrogen) atoms. The van der Waals surface area contributed by atoms with Gasteiger partial charge in [-0.25, -0.2) is 0 Å². The molecule has 0 aromatic carbocycles. The highest BCUT2D eigenvalue weighted by molar-refractivity contribution is 5.74. The second-order valence-electron chi connectivity index (χ2n) is 5.15. The number of rotatable bonds is 3.